The van der Waals surface area contributed by atoms with Crippen molar-refractivity contribution in [1.82, 2.24) is 4.90 Å². The molecule has 0 bridgehead atoms. The van der Waals surface area contributed by atoms with Crippen LogP contribution in [0.1, 0.15) is 20.8 Å². The van der Waals surface area contributed by atoms with Crippen LogP contribution in [0.25, 0.3) is 0 Å². The minimum atomic E-state index is -3.79. The number of nitrogens with zero attached hydrogens (tertiary/aromatic N) is 1. The Balaban J connectivity index is 2.78. The van der Waals surface area contributed by atoms with Crippen LogP contribution in [-0.2, 0) is 19.4 Å². The number of hydrogen-bond donors (Lipinski definition) is 1. The molecule has 0 spiro atoms. The molecule has 0 saturated carbocycles. The molecule has 1 saturated heterocycles. The molecule has 0 aromatic rings. The zero-order chi connectivity index (χ0) is 14.4. The number of rotatable bonds is 2. The molecule has 0 aliphatic carbocycles. The highest BCUT2D eigenvalue weighted by Crippen LogP contribution is 2.30. The average Bonchev–Trinajstić information content (AvgIpc) is 1.92. The summed E-state index contributed by atoms with van der Waals surface area (Å²) in [4.78, 5) is 23.7. The number of ether oxygens (including phenoxy) is 1. The summed E-state index contributed by atoms with van der Waals surface area (Å²) in [6.45, 7) is 4.26. The first kappa shape index (κ1) is 14.7. The van der Waals surface area contributed by atoms with E-state index >= 15 is 0 Å². The Labute approximate surface area is 106 Å². The van der Waals surface area contributed by atoms with Crippen LogP contribution in [-0.4, -0.2) is 60.2 Å². The van der Waals surface area contributed by atoms with E-state index < -0.39 is 32.2 Å². The summed E-state index contributed by atoms with van der Waals surface area (Å²) in [7, 11) is -3.79. The molecule has 1 aliphatic heterocycles. The predicted octanol–water partition coefficient (Wildman–Crippen LogP) is 0.105. The maximum atomic E-state index is 11.6. The van der Waals surface area contributed by atoms with Crippen molar-refractivity contribution in [3.05, 3.63) is 0 Å². The van der Waals surface area contributed by atoms with Gasteiger partial charge in [0.2, 0.25) is 4.75 Å². The van der Waals surface area contributed by atoms with Gasteiger partial charge in [-0.05, 0) is 20.8 Å². The van der Waals surface area contributed by atoms with Gasteiger partial charge in [0.15, 0.2) is 9.84 Å². The van der Waals surface area contributed by atoms with E-state index in [2.05, 4.69) is 0 Å². The molecule has 104 valence electrons. The standard InChI is InChI=1S/C10H17NO6S/c1-9(2,3)17-8(14)11-5-10(6-11,7(12)13)18(4,15)16/h5-6H2,1-4H3,(H,12,13). The van der Waals surface area contributed by atoms with Crippen molar-refractivity contribution in [2.45, 2.75) is 31.1 Å². The SMILES string of the molecule is CC(C)(C)OC(=O)N1CC(C(=O)O)(S(C)(=O)=O)C1. The number of amides is 1. The van der Waals surface area contributed by atoms with Crippen molar-refractivity contribution in [2.24, 2.45) is 0 Å². The molecule has 8 heteroatoms. The highest BCUT2D eigenvalue weighted by molar-refractivity contribution is 7.93. The van der Waals surface area contributed by atoms with Gasteiger partial charge in [-0.3, -0.25) is 4.79 Å². The summed E-state index contributed by atoms with van der Waals surface area (Å²) in [5.74, 6) is -1.44. The van der Waals surface area contributed by atoms with E-state index in [-0.39, 0.29) is 13.1 Å². The second-order valence-electron chi connectivity index (χ2n) is 5.41. The summed E-state index contributed by atoms with van der Waals surface area (Å²) in [5, 5.41) is 8.99. The molecule has 0 aromatic carbocycles. The summed E-state index contributed by atoms with van der Waals surface area (Å²) in [5.41, 5.74) is -0.705. The molecule has 1 heterocycles. The minimum absolute atomic E-state index is 0.379. The van der Waals surface area contributed by atoms with Crippen LogP contribution in [0.3, 0.4) is 0 Å². The van der Waals surface area contributed by atoms with Crippen LogP contribution in [0.4, 0.5) is 4.79 Å². The summed E-state index contributed by atoms with van der Waals surface area (Å²) >= 11 is 0. The average molecular weight is 279 g/mol. The third-order valence-electron chi connectivity index (χ3n) is 2.64. The van der Waals surface area contributed by atoms with E-state index in [4.69, 9.17) is 9.84 Å². The molecule has 1 N–H and O–H groups in total. The van der Waals surface area contributed by atoms with E-state index in [0.717, 1.165) is 11.2 Å². The molecule has 0 atom stereocenters. The van der Waals surface area contributed by atoms with Gasteiger partial charge in [0, 0.05) is 6.26 Å². The van der Waals surface area contributed by atoms with E-state index in [9.17, 15) is 18.0 Å². The van der Waals surface area contributed by atoms with Crippen molar-refractivity contribution in [1.29, 1.82) is 0 Å². The van der Waals surface area contributed by atoms with Gasteiger partial charge >= 0.3 is 12.1 Å². The fourth-order valence-electron chi connectivity index (χ4n) is 1.55. The molecule has 18 heavy (non-hydrogen) atoms. The topological polar surface area (TPSA) is 101 Å². The highest BCUT2D eigenvalue weighted by Gasteiger charge is 2.59. The fourth-order valence-corrected chi connectivity index (χ4v) is 2.65. The largest absolute Gasteiger partial charge is 0.480 e. The number of carboxylic acids is 1. The van der Waals surface area contributed by atoms with Crippen LogP contribution in [0.15, 0.2) is 0 Å². The lowest BCUT2D eigenvalue weighted by atomic mass is 10.00. The zero-order valence-electron chi connectivity index (χ0n) is 10.8. The predicted molar refractivity (Wildman–Crippen MR) is 63.0 cm³/mol. The van der Waals surface area contributed by atoms with Gasteiger partial charge in [0.05, 0.1) is 13.1 Å². The first-order valence-corrected chi connectivity index (χ1v) is 7.19. The lowest BCUT2D eigenvalue weighted by Gasteiger charge is -2.45. The van der Waals surface area contributed by atoms with E-state index in [1.807, 2.05) is 0 Å². The van der Waals surface area contributed by atoms with Crippen molar-refractivity contribution in [3.8, 4) is 0 Å². The van der Waals surface area contributed by atoms with Gasteiger partial charge in [0.1, 0.15) is 5.60 Å². The third kappa shape index (κ3) is 2.58. The van der Waals surface area contributed by atoms with Crippen molar-refractivity contribution < 1.29 is 27.9 Å². The number of likely N-dealkylation sites (tertiary alicyclic amines) is 1. The summed E-state index contributed by atoms with van der Waals surface area (Å²) in [6, 6.07) is 0. The Kier molecular flexibility index (Phi) is 3.37. The van der Waals surface area contributed by atoms with Gasteiger partial charge < -0.3 is 14.7 Å². The molecular formula is C10H17NO6S. The second kappa shape index (κ2) is 4.11. The third-order valence-corrected chi connectivity index (χ3v) is 4.50. The van der Waals surface area contributed by atoms with Gasteiger partial charge in [0.25, 0.3) is 0 Å². The van der Waals surface area contributed by atoms with Crippen LogP contribution in [0.5, 0.6) is 0 Å². The van der Waals surface area contributed by atoms with Crippen molar-refractivity contribution in [2.75, 3.05) is 19.3 Å². The van der Waals surface area contributed by atoms with Crippen LogP contribution >= 0.6 is 0 Å². The second-order valence-corrected chi connectivity index (χ2v) is 7.73. The molecule has 1 rings (SSSR count). The lowest BCUT2D eigenvalue weighted by Crippen LogP contribution is -2.71. The highest BCUT2D eigenvalue weighted by atomic mass is 32.2. The maximum absolute atomic E-state index is 11.6. The summed E-state index contributed by atoms with van der Waals surface area (Å²) in [6.07, 6.45) is 0.149. The smallest absolute Gasteiger partial charge is 0.410 e. The Bertz CT molecular complexity index is 469. The number of carbonyl (C=O) groups is 2. The zero-order valence-corrected chi connectivity index (χ0v) is 11.6. The normalized spacial score (nSPS) is 19.0. The van der Waals surface area contributed by atoms with E-state index in [1.54, 1.807) is 20.8 Å². The molecule has 0 unspecified atom stereocenters. The quantitative estimate of drug-likeness (QED) is 0.769. The number of hydrogen-bond acceptors (Lipinski definition) is 5. The van der Waals surface area contributed by atoms with Gasteiger partial charge in [-0.1, -0.05) is 0 Å². The molecule has 1 amide bonds. The van der Waals surface area contributed by atoms with Gasteiger partial charge in [-0.2, -0.15) is 0 Å². The number of sulfone groups is 1. The number of carbonyl (C=O) groups excluding carboxylic acids is 1. The Morgan fingerprint density at radius 3 is 2.00 bits per heavy atom. The van der Waals surface area contributed by atoms with Crippen molar-refractivity contribution in [3.63, 3.8) is 0 Å². The minimum Gasteiger partial charge on any atom is -0.480 e. The van der Waals surface area contributed by atoms with E-state index in [1.165, 1.54) is 0 Å². The van der Waals surface area contributed by atoms with Gasteiger partial charge in [-0.15, -0.1) is 0 Å². The van der Waals surface area contributed by atoms with E-state index in [0.29, 0.717) is 0 Å². The molecule has 0 aromatic heterocycles. The van der Waals surface area contributed by atoms with Crippen LogP contribution in [0.2, 0.25) is 0 Å². The summed E-state index contributed by atoms with van der Waals surface area (Å²) < 4.78 is 26.1. The molecule has 1 aliphatic rings. The monoisotopic (exact) mass is 279 g/mol. The Hall–Kier alpha value is -1.31. The van der Waals surface area contributed by atoms with Crippen LogP contribution < -0.4 is 0 Å². The lowest BCUT2D eigenvalue weighted by molar-refractivity contribution is -0.144. The molecule has 7 nitrogen and oxygen atoms in total. The van der Waals surface area contributed by atoms with Crippen LogP contribution in [0, 0.1) is 0 Å². The Morgan fingerprint density at radius 1 is 1.28 bits per heavy atom. The number of carboxylic acid groups (broad SMARTS) is 1. The molecule has 1 fully saturated rings. The first-order chi connectivity index (χ1) is 7.89. The fraction of sp³-hybridized carbons (Fsp3) is 0.800. The molecule has 0 radical (unpaired) electrons. The Morgan fingerprint density at radius 2 is 1.72 bits per heavy atom. The van der Waals surface area contributed by atoms with Crippen molar-refractivity contribution >= 4 is 21.9 Å². The molecular weight excluding hydrogens is 262 g/mol. The number of aliphatic carboxylic acids is 1. The van der Waals surface area contributed by atoms with Gasteiger partial charge in [-0.25, -0.2) is 13.2 Å². The maximum Gasteiger partial charge on any atom is 0.410 e. The first-order valence-electron chi connectivity index (χ1n) is 5.30.